The molecule has 0 fully saturated rings. The minimum absolute atomic E-state index is 0.114. The van der Waals surface area contributed by atoms with Gasteiger partial charge < -0.3 is 15.5 Å². The highest BCUT2D eigenvalue weighted by Gasteiger charge is 2.20. The minimum Gasteiger partial charge on any atom is -0.393 e. The fourth-order valence-corrected chi connectivity index (χ4v) is 1.25. The molecule has 0 bridgehead atoms. The summed E-state index contributed by atoms with van der Waals surface area (Å²) in [6.45, 7) is 0.791. The van der Waals surface area contributed by atoms with E-state index in [0.29, 0.717) is 0 Å². The lowest BCUT2D eigenvalue weighted by Gasteiger charge is -2.20. The Morgan fingerprint density at radius 1 is 1.59 bits per heavy atom. The lowest BCUT2D eigenvalue weighted by atomic mass is 10.1. The number of amides is 1. The third-order valence-corrected chi connectivity index (χ3v) is 2.44. The quantitative estimate of drug-likeness (QED) is 0.756. The monoisotopic (exact) mass is 261 g/mol. The molecular formula is C11H13ClFNO3. The fourth-order valence-electron chi connectivity index (χ4n) is 1.07. The van der Waals surface area contributed by atoms with Crippen LogP contribution < -0.4 is 5.32 Å². The summed E-state index contributed by atoms with van der Waals surface area (Å²) in [4.78, 5) is 11.6. The van der Waals surface area contributed by atoms with E-state index in [1.807, 2.05) is 0 Å². The van der Waals surface area contributed by atoms with Crippen molar-refractivity contribution < 1.29 is 19.4 Å². The Morgan fingerprint density at radius 3 is 2.76 bits per heavy atom. The maximum Gasteiger partial charge on any atom is 0.251 e. The first kappa shape index (κ1) is 13.9. The van der Waals surface area contributed by atoms with E-state index in [1.165, 1.54) is 19.1 Å². The Labute approximate surface area is 103 Å². The Bertz CT molecular complexity index is 423. The molecule has 1 rings (SSSR count). The highest BCUT2D eigenvalue weighted by Crippen LogP contribution is 2.15. The van der Waals surface area contributed by atoms with E-state index in [0.717, 1.165) is 6.07 Å². The molecule has 0 aliphatic rings. The number of carbonyl (C=O) groups is 1. The van der Waals surface area contributed by atoms with Crippen LogP contribution in [0.4, 0.5) is 4.39 Å². The molecule has 94 valence electrons. The van der Waals surface area contributed by atoms with Crippen LogP contribution in [0.2, 0.25) is 5.02 Å². The summed E-state index contributed by atoms with van der Waals surface area (Å²) in [5.74, 6) is -1.11. The summed E-state index contributed by atoms with van der Waals surface area (Å²) in [7, 11) is 0. The average Bonchev–Trinajstić information content (AvgIpc) is 2.30. The molecule has 0 heterocycles. The molecule has 0 radical (unpaired) electrons. The molecule has 0 saturated heterocycles. The first-order valence-corrected chi connectivity index (χ1v) is 5.30. The maximum absolute atomic E-state index is 12.9. The van der Waals surface area contributed by atoms with Crippen molar-refractivity contribution in [3.63, 3.8) is 0 Å². The molecule has 6 heteroatoms. The highest BCUT2D eigenvalue weighted by molar-refractivity contribution is 6.31. The van der Waals surface area contributed by atoms with Crippen LogP contribution in [-0.4, -0.2) is 34.9 Å². The highest BCUT2D eigenvalue weighted by atomic mass is 35.5. The van der Waals surface area contributed by atoms with Gasteiger partial charge in [-0.25, -0.2) is 4.39 Å². The van der Waals surface area contributed by atoms with Gasteiger partial charge in [-0.1, -0.05) is 11.6 Å². The van der Waals surface area contributed by atoms with E-state index in [2.05, 4.69) is 5.32 Å². The SMILES string of the molecule is CC(O)(CO)CNC(=O)c1ccc(F)c(Cl)c1. The number of carbonyl (C=O) groups excluding carboxylic acids is 1. The van der Waals surface area contributed by atoms with Gasteiger partial charge in [0.2, 0.25) is 0 Å². The molecule has 0 aliphatic carbocycles. The molecule has 0 aliphatic heterocycles. The number of halogens is 2. The summed E-state index contributed by atoms with van der Waals surface area (Å²) in [6.07, 6.45) is 0. The van der Waals surface area contributed by atoms with Crippen molar-refractivity contribution in [3.8, 4) is 0 Å². The number of hydrogen-bond donors (Lipinski definition) is 3. The summed E-state index contributed by atoms with van der Waals surface area (Å²) in [5, 5.41) is 20.5. The van der Waals surface area contributed by atoms with Crippen molar-refractivity contribution >= 4 is 17.5 Å². The predicted molar refractivity (Wildman–Crippen MR) is 61.5 cm³/mol. The van der Waals surface area contributed by atoms with Crippen LogP contribution in [0, 0.1) is 5.82 Å². The van der Waals surface area contributed by atoms with Crippen LogP contribution >= 0.6 is 11.6 Å². The third kappa shape index (κ3) is 3.96. The molecule has 1 aromatic carbocycles. The van der Waals surface area contributed by atoms with E-state index in [9.17, 15) is 14.3 Å². The van der Waals surface area contributed by atoms with Crippen molar-refractivity contribution in [1.82, 2.24) is 5.32 Å². The number of hydrogen-bond acceptors (Lipinski definition) is 3. The Morgan fingerprint density at radius 2 is 2.24 bits per heavy atom. The van der Waals surface area contributed by atoms with E-state index in [1.54, 1.807) is 0 Å². The van der Waals surface area contributed by atoms with Gasteiger partial charge in [0.15, 0.2) is 0 Å². The number of nitrogens with one attached hydrogen (secondary N) is 1. The number of aliphatic hydroxyl groups is 2. The van der Waals surface area contributed by atoms with Gasteiger partial charge in [0, 0.05) is 12.1 Å². The summed E-state index contributed by atoms with van der Waals surface area (Å²) >= 11 is 5.53. The van der Waals surface area contributed by atoms with E-state index < -0.39 is 23.9 Å². The van der Waals surface area contributed by atoms with Gasteiger partial charge in [-0.2, -0.15) is 0 Å². The van der Waals surface area contributed by atoms with Gasteiger partial charge in [-0.3, -0.25) is 4.79 Å². The van der Waals surface area contributed by atoms with Gasteiger partial charge in [0.1, 0.15) is 11.4 Å². The maximum atomic E-state index is 12.9. The number of benzene rings is 1. The van der Waals surface area contributed by atoms with Crippen molar-refractivity contribution in [2.24, 2.45) is 0 Å². The first-order chi connectivity index (χ1) is 7.85. The molecule has 0 saturated carbocycles. The molecule has 17 heavy (non-hydrogen) atoms. The molecule has 3 N–H and O–H groups in total. The second-order valence-corrected chi connectivity index (χ2v) is 4.37. The van der Waals surface area contributed by atoms with Crippen molar-refractivity contribution in [3.05, 3.63) is 34.6 Å². The second-order valence-electron chi connectivity index (χ2n) is 3.97. The standard InChI is InChI=1S/C11H13ClFNO3/c1-11(17,6-15)5-14-10(16)7-2-3-9(13)8(12)4-7/h2-4,15,17H,5-6H2,1H3,(H,14,16). The summed E-state index contributed by atoms with van der Waals surface area (Å²) in [5.41, 5.74) is -1.20. The van der Waals surface area contributed by atoms with Crippen LogP contribution in [0.15, 0.2) is 18.2 Å². The number of aliphatic hydroxyl groups excluding tert-OH is 1. The van der Waals surface area contributed by atoms with Gasteiger partial charge >= 0.3 is 0 Å². The zero-order valence-electron chi connectivity index (χ0n) is 9.20. The lowest BCUT2D eigenvalue weighted by Crippen LogP contribution is -2.43. The molecule has 1 unspecified atom stereocenters. The predicted octanol–water partition coefficient (Wildman–Crippen LogP) is 0.952. The van der Waals surface area contributed by atoms with Gasteiger partial charge in [-0.15, -0.1) is 0 Å². The topological polar surface area (TPSA) is 69.6 Å². The van der Waals surface area contributed by atoms with Crippen molar-refractivity contribution in [2.45, 2.75) is 12.5 Å². The van der Waals surface area contributed by atoms with E-state index in [4.69, 9.17) is 16.7 Å². The Hall–Kier alpha value is -1.17. The average molecular weight is 262 g/mol. The zero-order chi connectivity index (χ0) is 13.1. The normalized spacial score (nSPS) is 14.2. The van der Waals surface area contributed by atoms with Crippen molar-refractivity contribution in [2.75, 3.05) is 13.2 Å². The van der Waals surface area contributed by atoms with Gasteiger partial charge in [0.05, 0.1) is 11.6 Å². The molecular weight excluding hydrogens is 249 g/mol. The van der Waals surface area contributed by atoms with Gasteiger partial charge in [-0.05, 0) is 25.1 Å². The molecule has 0 spiro atoms. The van der Waals surface area contributed by atoms with E-state index in [-0.39, 0.29) is 17.1 Å². The molecule has 1 atom stereocenters. The van der Waals surface area contributed by atoms with Crippen LogP contribution in [0.5, 0.6) is 0 Å². The van der Waals surface area contributed by atoms with Crippen molar-refractivity contribution in [1.29, 1.82) is 0 Å². The lowest BCUT2D eigenvalue weighted by molar-refractivity contribution is 0.00320. The van der Waals surface area contributed by atoms with Crippen LogP contribution in [-0.2, 0) is 0 Å². The Balaban J connectivity index is 2.68. The largest absolute Gasteiger partial charge is 0.393 e. The minimum atomic E-state index is -1.39. The molecule has 1 aromatic rings. The fraction of sp³-hybridized carbons (Fsp3) is 0.364. The third-order valence-electron chi connectivity index (χ3n) is 2.15. The van der Waals surface area contributed by atoms with Crippen LogP contribution in [0.25, 0.3) is 0 Å². The Kier molecular flexibility index (Phi) is 4.45. The zero-order valence-corrected chi connectivity index (χ0v) is 9.96. The summed E-state index contributed by atoms with van der Waals surface area (Å²) < 4.78 is 12.9. The first-order valence-electron chi connectivity index (χ1n) is 4.92. The number of rotatable bonds is 4. The molecule has 1 amide bonds. The van der Waals surface area contributed by atoms with Crippen LogP contribution in [0.3, 0.4) is 0 Å². The van der Waals surface area contributed by atoms with Gasteiger partial charge in [0.25, 0.3) is 5.91 Å². The summed E-state index contributed by atoms with van der Waals surface area (Å²) in [6, 6.07) is 3.56. The second kappa shape index (κ2) is 5.44. The van der Waals surface area contributed by atoms with Crippen LogP contribution in [0.1, 0.15) is 17.3 Å². The molecule has 4 nitrogen and oxygen atoms in total. The van der Waals surface area contributed by atoms with E-state index >= 15 is 0 Å². The molecule has 0 aromatic heterocycles. The smallest absolute Gasteiger partial charge is 0.251 e.